The number of aryl methyl sites for hydroxylation is 1. The molecule has 0 N–H and O–H groups in total. The standard InChI is InChI=1S/C12H12O.C2H6/c1-9-6-7-10-4-3-5-12(13-2)11(10)8-9;1-2/h3-8H,1-2H3;1-2H3. The van der Waals surface area contributed by atoms with E-state index in [1.807, 2.05) is 26.0 Å². The van der Waals surface area contributed by atoms with Gasteiger partial charge in [0.25, 0.3) is 0 Å². The Balaban J connectivity index is 0.000000531. The molecule has 0 saturated carbocycles. The zero-order valence-corrected chi connectivity index (χ0v) is 9.87. The van der Waals surface area contributed by atoms with Gasteiger partial charge < -0.3 is 4.74 Å². The highest BCUT2D eigenvalue weighted by atomic mass is 16.5. The van der Waals surface area contributed by atoms with Crippen LogP contribution in [0.1, 0.15) is 19.4 Å². The Morgan fingerprint density at radius 1 is 1.00 bits per heavy atom. The Hall–Kier alpha value is -1.50. The Morgan fingerprint density at radius 2 is 1.73 bits per heavy atom. The fourth-order valence-electron chi connectivity index (χ4n) is 1.54. The van der Waals surface area contributed by atoms with Crippen LogP contribution in [0.5, 0.6) is 5.75 Å². The van der Waals surface area contributed by atoms with Crippen LogP contribution in [-0.2, 0) is 0 Å². The summed E-state index contributed by atoms with van der Waals surface area (Å²) in [5.41, 5.74) is 1.26. The number of rotatable bonds is 1. The van der Waals surface area contributed by atoms with Gasteiger partial charge in [-0.05, 0) is 24.4 Å². The second kappa shape index (κ2) is 5.40. The summed E-state index contributed by atoms with van der Waals surface area (Å²) in [6, 6.07) is 12.5. The normalized spacial score (nSPS) is 9.33. The van der Waals surface area contributed by atoms with Crippen molar-refractivity contribution in [1.29, 1.82) is 0 Å². The van der Waals surface area contributed by atoms with Crippen molar-refractivity contribution in [2.24, 2.45) is 0 Å². The molecule has 2 aromatic carbocycles. The largest absolute Gasteiger partial charge is 0.496 e. The molecule has 15 heavy (non-hydrogen) atoms. The molecule has 0 saturated heterocycles. The van der Waals surface area contributed by atoms with Crippen LogP contribution in [0, 0.1) is 6.92 Å². The van der Waals surface area contributed by atoms with Gasteiger partial charge in [-0.3, -0.25) is 0 Å². The third-order valence-corrected chi connectivity index (χ3v) is 2.22. The van der Waals surface area contributed by atoms with E-state index < -0.39 is 0 Å². The van der Waals surface area contributed by atoms with Crippen molar-refractivity contribution >= 4 is 10.8 Å². The lowest BCUT2D eigenvalue weighted by Crippen LogP contribution is -1.84. The van der Waals surface area contributed by atoms with E-state index in [9.17, 15) is 0 Å². The van der Waals surface area contributed by atoms with Crippen molar-refractivity contribution in [1.82, 2.24) is 0 Å². The summed E-state index contributed by atoms with van der Waals surface area (Å²) in [6.07, 6.45) is 0. The topological polar surface area (TPSA) is 9.23 Å². The molecule has 2 rings (SSSR count). The first kappa shape index (κ1) is 11.6. The van der Waals surface area contributed by atoms with E-state index in [0.29, 0.717) is 0 Å². The molecule has 2 aromatic rings. The third-order valence-electron chi connectivity index (χ3n) is 2.22. The maximum absolute atomic E-state index is 5.28. The van der Waals surface area contributed by atoms with Crippen molar-refractivity contribution in [3.63, 3.8) is 0 Å². The molecule has 0 aliphatic heterocycles. The van der Waals surface area contributed by atoms with Gasteiger partial charge in [0.1, 0.15) is 5.75 Å². The molecule has 0 fully saturated rings. The van der Waals surface area contributed by atoms with E-state index >= 15 is 0 Å². The highest BCUT2D eigenvalue weighted by molar-refractivity contribution is 5.88. The molecule has 0 bridgehead atoms. The molecule has 1 heteroatoms. The predicted octanol–water partition coefficient (Wildman–Crippen LogP) is 4.18. The molecule has 0 unspecified atom stereocenters. The molecule has 0 heterocycles. The second-order valence-electron chi connectivity index (χ2n) is 3.18. The zero-order valence-electron chi connectivity index (χ0n) is 9.87. The molecule has 0 aliphatic carbocycles. The van der Waals surface area contributed by atoms with Gasteiger partial charge in [-0.15, -0.1) is 0 Å². The maximum Gasteiger partial charge on any atom is 0.126 e. The second-order valence-corrected chi connectivity index (χ2v) is 3.18. The highest BCUT2D eigenvalue weighted by Gasteiger charge is 1.99. The lowest BCUT2D eigenvalue weighted by molar-refractivity contribution is 0.420. The Labute approximate surface area is 91.7 Å². The van der Waals surface area contributed by atoms with Gasteiger partial charge in [0.2, 0.25) is 0 Å². The summed E-state index contributed by atoms with van der Waals surface area (Å²) in [7, 11) is 1.71. The molecular weight excluding hydrogens is 184 g/mol. The van der Waals surface area contributed by atoms with Crippen molar-refractivity contribution in [2.45, 2.75) is 20.8 Å². The smallest absolute Gasteiger partial charge is 0.126 e. The van der Waals surface area contributed by atoms with E-state index in [4.69, 9.17) is 4.74 Å². The van der Waals surface area contributed by atoms with Gasteiger partial charge in [0.15, 0.2) is 0 Å². The number of hydrogen-bond acceptors (Lipinski definition) is 1. The summed E-state index contributed by atoms with van der Waals surface area (Å²) in [5.74, 6) is 0.946. The number of ether oxygens (including phenoxy) is 1. The highest BCUT2D eigenvalue weighted by Crippen LogP contribution is 2.25. The fourth-order valence-corrected chi connectivity index (χ4v) is 1.54. The number of fused-ring (bicyclic) bond motifs is 1. The quantitative estimate of drug-likeness (QED) is 0.674. The summed E-state index contributed by atoms with van der Waals surface area (Å²) >= 11 is 0. The van der Waals surface area contributed by atoms with Gasteiger partial charge in [0.05, 0.1) is 7.11 Å². The average Bonchev–Trinajstić information content (AvgIpc) is 2.31. The predicted molar refractivity (Wildman–Crippen MR) is 66.6 cm³/mol. The van der Waals surface area contributed by atoms with Crippen molar-refractivity contribution in [3.05, 3.63) is 42.0 Å². The first-order chi connectivity index (χ1) is 7.31. The summed E-state index contributed by atoms with van der Waals surface area (Å²) in [6.45, 7) is 6.09. The average molecular weight is 202 g/mol. The van der Waals surface area contributed by atoms with E-state index in [1.54, 1.807) is 7.11 Å². The SMILES string of the molecule is CC.COc1cccc2ccc(C)cc12. The van der Waals surface area contributed by atoms with Crippen molar-refractivity contribution in [2.75, 3.05) is 7.11 Å². The molecule has 0 aliphatic rings. The Kier molecular flexibility index (Phi) is 4.17. The van der Waals surface area contributed by atoms with Gasteiger partial charge in [0, 0.05) is 5.39 Å². The first-order valence-corrected chi connectivity index (χ1v) is 5.34. The van der Waals surface area contributed by atoms with Crippen LogP contribution in [0.2, 0.25) is 0 Å². The lowest BCUT2D eigenvalue weighted by Gasteiger charge is -2.05. The minimum absolute atomic E-state index is 0.946. The Bertz CT molecular complexity index is 432. The number of hydrogen-bond donors (Lipinski definition) is 0. The number of benzene rings is 2. The summed E-state index contributed by atoms with van der Waals surface area (Å²) in [4.78, 5) is 0. The third kappa shape index (κ3) is 2.50. The van der Waals surface area contributed by atoms with Gasteiger partial charge in [-0.2, -0.15) is 0 Å². The van der Waals surface area contributed by atoms with Crippen LogP contribution >= 0.6 is 0 Å². The zero-order chi connectivity index (χ0) is 11.3. The van der Waals surface area contributed by atoms with Crippen molar-refractivity contribution in [3.8, 4) is 5.75 Å². The number of methoxy groups -OCH3 is 1. The molecular formula is C14H18O. The van der Waals surface area contributed by atoms with E-state index in [1.165, 1.54) is 16.3 Å². The van der Waals surface area contributed by atoms with E-state index in [2.05, 4.69) is 31.2 Å². The minimum Gasteiger partial charge on any atom is -0.496 e. The monoisotopic (exact) mass is 202 g/mol. The van der Waals surface area contributed by atoms with Crippen LogP contribution in [-0.4, -0.2) is 7.11 Å². The first-order valence-electron chi connectivity index (χ1n) is 5.34. The molecule has 0 amide bonds. The lowest BCUT2D eigenvalue weighted by atomic mass is 10.1. The van der Waals surface area contributed by atoms with Gasteiger partial charge >= 0.3 is 0 Å². The van der Waals surface area contributed by atoms with Crippen LogP contribution in [0.25, 0.3) is 10.8 Å². The molecule has 80 valence electrons. The molecule has 1 nitrogen and oxygen atoms in total. The molecule has 0 atom stereocenters. The molecule has 0 radical (unpaired) electrons. The molecule has 0 spiro atoms. The van der Waals surface area contributed by atoms with Crippen LogP contribution in [0.15, 0.2) is 36.4 Å². The van der Waals surface area contributed by atoms with Crippen molar-refractivity contribution < 1.29 is 4.74 Å². The fraction of sp³-hybridized carbons (Fsp3) is 0.286. The van der Waals surface area contributed by atoms with Gasteiger partial charge in [-0.1, -0.05) is 43.7 Å². The molecule has 0 aromatic heterocycles. The van der Waals surface area contributed by atoms with E-state index in [0.717, 1.165) is 5.75 Å². The van der Waals surface area contributed by atoms with E-state index in [-0.39, 0.29) is 0 Å². The minimum atomic E-state index is 0.946. The van der Waals surface area contributed by atoms with Gasteiger partial charge in [-0.25, -0.2) is 0 Å². The van der Waals surface area contributed by atoms with Crippen LogP contribution in [0.4, 0.5) is 0 Å². The Morgan fingerprint density at radius 3 is 2.40 bits per heavy atom. The summed E-state index contributed by atoms with van der Waals surface area (Å²) < 4.78 is 5.28. The maximum atomic E-state index is 5.28. The summed E-state index contributed by atoms with van der Waals surface area (Å²) in [5, 5.41) is 2.41. The van der Waals surface area contributed by atoms with Crippen LogP contribution in [0.3, 0.4) is 0 Å². The van der Waals surface area contributed by atoms with Crippen LogP contribution < -0.4 is 4.74 Å².